The Bertz CT molecular complexity index is 370. The number of halogens is 2. The molecule has 0 aliphatic rings. The van der Waals surface area contributed by atoms with Crippen LogP contribution in [-0.4, -0.2) is 17.6 Å². The van der Waals surface area contributed by atoms with E-state index in [4.69, 9.17) is 22.5 Å². The van der Waals surface area contributed by atoms with E-state index in [1.54, 1.807) is 6.07 Å². The van der Waals surface area contributed by atoms with Crippen LogP contribution in [0.5, 0.6) is 0 Å². The van der Waals surface area contributed by atoms with E-state index in [0.29, 0.717) is 6.54 Å². The smallest absolute Gasteiger partial charge is 0.153 e. The largest absolute Gasteiger partial charge is 0.409 e. The summed E-state index contributed by atoms with van der Waals surface area (Å²) in [6.45, 7) is 0.724. The highest BCUT2D eigenvalue weighted by molar-refractivity contribution is 6.30. The number of hydrogen-bond donors (Lipinski definition) is 3. The first-order valence-electron chi connectivity index (χ1n) is 4.24. The van der Waals surface area contributed by atoms with Gasteiger partial charge in [-0.2, -0.15) is 0 Å². The average Bonchev–Trinajstić information content (AvgIpc) is 2.23. The normalized spacial score (nSPS) is 11.7. The van der Waals surface area contributed by atoms with Crippen molar-refractivity contribution in [3.8, 4) is 0 Å². The zero-order valence-electron chi connectivity index (χ0n) is 7.87. The number of nitrogens with two attached hydrogens (primary N) is 1. The summed E-state index contributed by atoms with van der Waals surface area (Å²) in [6, 6.07) is 4.43. The monoisotopic (exact) mass is 231 g/mol. The van der Waals surface area contributed by atoms with Gasteiger partial charge in [0, 0.05) is 6.54 Å². The van der Waals surface area contributed by atoms with Crippen LogP contribution in [-0.2, 0) is 6.54 Å². The van der Waals surface area contributed by atoms with Gasteiger partial charge in [0.25, 0.3) is 0 Å². The Morgan fingerprint density at radius 1 is 1.60 bits per heavy atom. The fourth-order valence-corrected chi connectivity index (χ4v) is 1.22. The van der Waals surface area contributed by atoms with Gasteiger partial charge < -0.3 is 16.3 Å². The molecule has 0 aliphatic heterocycles. The fourth-order valence-electron chi connectivity index (χ4n) is 1.02. The van der Waals surface area contributed by atoms with Crippen molar-refractivity contribution in [1.82, 2.24) is 5.32 Å². The quantitative estimate of drug-likeness (QED) is 0.317. The molecule has 0 unspecified atom stereocenters. The van der Waals surface area contributed by atoms with Gasteiger partial charge in [0.15, 0.2) is 5.84 Å². The standard InChI is InChI=1S/C9H11ClFN3O/c10-7-3-6(1-2-8(7)11)4-13-5-9(12)14-15/h1-3,13,15H,4-5H2,(H2,12,14). The number of nitrogens with one attached hydrogen (secondary N) is 1. The maximum absolute atomic E-state index is 12.8. The second kappa shape index (κ2) is 5.53. The summed E-state index contributed by atoms with van der Waals surface area (Å²) in [6.07, 6.45) is 0. The molecule has 1 aromatic carbocycles. The lowest BCUT2D eigenvalue weighted by Gasteiger charge is -2.04. The van der Waals surface area contributed by atoms with Crippen LogP contribution >= 0.6 is 11.6 Å². The average molecular weight is 232 g/mol. The fraction of sp³-hybridized carbons (Fsp3) is 0.222. The summed E-state index contributed by atoms with van der Waals surface area (Å²) in [5.74, 6) is -0.361. The Hall–Kier alpha value is -1.33. The Morgan fingerprint density at radius 2 is 2.33 bits per heavy atom. The molecular weight excluding hydrogens is 221 g/mol. The molecular formula is C9H11ClFN3O. The topological polar surface area (TPSA) is 70.6 Å². The Balaban J connectivity index is 2.48. The van der Waals surface area contributed by atoms with Gasteiger partial charge >= 0.3 is 0 Å². The molecule has 15 heavy (non-hydrogen) atoms. The van der Waals surface area contributed by atoms with Crippen molar-refractivity contribution < 1.29 is 9.60 Å². The molecule has 6 heteroatoms. The molecule has 0 atom stereocenters. The highest BCUT2D eigenvalue weighted by atomic mass is 35.5. The van der Waals surface area contributed by atoms with Gasteiger partial charge in [-0.05, 0) is 17.7 Å². The Kier molecular flexibility index (Phi) is 4.33. The van der Waals surface area contributed by atoms with E-state index in [-0.39, 0.29) is 17.4 Å². The third kappa shape index (κ3) is 3.73. The molecule has 0 bridgehead atoms. The minimum Gasteiger partial charge on any atom is -0.409 e. The molecule has 0 fully saturated rings. The number of oxime groups is 1. The highest BCUT2D eigenvalue weighted by Crippen LogP contribution is 2.15. The van der Waals surface area contributed by atoms with Crippen LogP contribution in [0.2, 0.25) is 5.02 Å². The van der Waals surface area contributed by atoms with Crippen molar-refractivity contribution in [2.24, 2.45) is 10.9 Å². The molecule has 1 rings (SSSR count). The van der Waals surface area contributed by atoms with Crippen molar-refractivity contribution in [2.75, 3.05) is 6.54 Å². The number of benzene rings is 1. The van der Waals surface area contributed by atoms with Crippen LogP contribution in [0.15, 0.2) is 23.4 Å². The minimum atomic E-state index is -0.447. The van der Waals surface area contributed by atoms with Crippen LogP contribution in [0, 0.1) is 5.82 Å². The SMILES string of the molecule is NC(CNCc1ccc(F)c(Cl)c1)=NO. The van der Waals surface area contributed by atoms with E-state index < -0.39 is 5.82 Å². The summed E-state index contributed by atoms with van der Waals surface area (Å²) >= 11 is 5.59. The van der Waals surface area contributed by atoms with E-state index in [1.807, 2.05) is 0 Å². The van der Waals surface area contributed by atoms with Crippen molar-refractivity contribution in [1.29, 1.82) is 0 Å². The maximum atomic E-state index is 12.8. The number of nitrogens with zero attached hydrogens (tertiary/aromatic N) is 1. The molecule has 82 valence electrons. The molecule has 0 amide bonds. The minimum absolute atomic E-state index is 0.0816. The van der Waals surface area contributed by atoms with E-state index in [2.05, 4.69) is 10.5 Å². The second-order valence-electron chi connectivity index (χ2n) is 2.94. The first kappa shape index (κ1) is 11.7. The van der Waals surface area contributed by atoms with Crippen LogP contribution in [0.1, 0.15) is 5.56 Å². The third-order valence-corrected chi connectivity index (χ3v) is 2.04. The van der Waals surface area contributed by atoms with Gasteiger partial charge in [-0.25, -0.2) is 4.39 Å². The summed E-state index contributed by atoms with van der Waals surface area (Å²) in [5.41, 5.74) is 6.07. The number of rotatable bonds is 4. The van der Waals surface area contributed by atoms with Gasteiger partial charge in [-0.15, -0.1) is 0 Å². The zero-order valence-corrected chi connectivity index (χ0v) is 8.63. The van der Waals surface area contributed by atoms with Crippen molar-refractivity contribution in [3.05, 3.63) is 34.6 Å². The molecule has 4 N–H and O–H groups in total. The van der Waals surface area contributed by atoms with Crippen LogP contribution in [0.3, 0.4) is 0 Å². The third-order valence-electron chi connectivity index (χ3n) is 1.75. The molecule has 0 saturated carbocycles. The second-order valence-corrected chi connectivity index (χ2v) is 3.35. The number of amidine groups is 1. The van der Waals surface area contributed by atoms with Gasteiger partial charge in [0.05, 0.1) is 11.6 Å². The lowest BCUT2D eigenvalue weighted by molar-refractivity contribution is 0.317. The highest BCUT2D eigenvalue weighted by Gasteiger charge is 2.00. The van der Waals surface area contributed by atoms with Crippen LogP contribution in [0.4, 0.5) is 4.39 Å². The first-order chi connectivity index (χ1) is 7.13. The lowest BCUT2D eigenvalue weighted by atomic mass is 10.2. The van der Waals surface area contributed by atoms with Crippen molar-refractivity contribution >= 4 is 17.4 Å². The lowest BCUT2D eigenvalue weighted by Crippen LogP contribution is -2.28. The zero-order chi connectivity index (χ0) is 11.3. The summed E-state index contributed by atoms with van der Waals surface area (Å²) in [4.78, 5) is 0. The number of hydrogen-bond acceptors (Lipinski definition) is 3. The van der Waals surface area contributed by atoms with Gasteiger partial charge in [-0.1, -0.05) is 22.8 Å². The summed E-state index contributed by atoms with van der Waals surface area (Å²) in [5, 5.41) is 14.0. The maximum Gasteiger partial charge on any atom is 0.153 e. The van der Waals surface area contributed by atoms with Crippen molar-refractivity contribution in [3.63, 3.8) is 0 Å². The van der Waals surface area contributed by atoms with E-state index in [0.717, 1.165) is 5.56 Å². The Morgan fingerprint density at radius 3 is 2.93 bits per heavy atom. The predicted octanol–water partition coefficient (Wildman–Crippen LogP) is 1.32. The van der Waals surface area contributed by atoms with Gasteiger partial charge in [-0.3, -0.25) is 0 Å². The molecule has 0 spiro atoms. The molecule has 1 aromatic rings. The van der Waals surface area contributed by atoms with E-state index in [1.165, 1.54) is 12.1 Å². The van der Waals surface area contributed by atoms with Gasteiger partial charge in [0.2, 0.25) is 0 Å². The van der Waals surface area contributed by atoms with Gasteiger partial charge in [0.1, 0.15) is 5.82 Å². The predicted molar refractivity (Wildman–Crippen MR) is 56.5 cm³/mol. The molecule has 0 aliphatic carbocycles. The Labute approximate surface area is 91.5 Å². The first-order valence-corrected chi connectivity index (χ1v) is 4.62. The molecule has 0 radical (unpaired) electrons. The molecule has 0 aromatic heterocycles. The molecule has 0 saturated heterocycles. The molecule has 4 nitrogen and oxygen atoms in total. The molecule has 0 heterocycles. The van der Waals surface area contributed by atoms with E-state index >= 15 is 0 Å². The van der Waals surface area contributed by atoms with Crippen LogP contribution in [0.25, 0.3) is 0 Å². The summed E-state index contributed by atoms with van der Waals surface area (Å²) < 4.78 is 12.8. The van der Waals surface area contributed by atoms with E-state index in [9.17, 15) is 4.39 Å². The summed E-state index contributed by atoms with van der Waals surface area (Å²) in [7, 11) is 0. The van der Waals surface area contributed by atoms with Crippen molar-refractivity contribution in [2.45, 2.75) is 6.54 Å². The van der Waals surface area contributed by atoms with Crippen LogP contribution < -0.4 is 11.1 Å².